The number of nitrogens with zero attached hydrogens (tertiary/aromatic N) is 2. The van der Waals surface area contributed by atoms with E-state index in [0.717, 1.165) is 18.3 Å². The molecule has 3 nitrogen and oxygen atoms in total. The van der Waals surface area contributed by atoms with Crippen molar-refractivity contribution in [2.24, 2.45) is 17.6 Å². The Morgan fingerprint density at radius 3 is 2.68 bits per heavy atom. The van der Waals surface area contributed by atoms with E-state index < -0.39 is 0 Å². The van der Waals surface area contributed by atoms with Crippen LogP contribution >= 0.6 is 0 Å². The standard InChI is InChI=1S/C16H25N3/c1-2-15(17)16(12-7-4-8-18-9-12)19-10-13-5-3-6-14(13)11-19/h4,7-9,13-16H,2-3,5-6,10-11,17H2,1H3. The van der Waals surface area contributed by atoms with E-state index >= 15 is 0 Å². The Labute approximate surface area is 116 Å². The number of hydrogen-bond donors (Lipinski definition) is 1. The van der Waals surface area contributed by atoms with Gasteiger partial charge in [0.2, 0.25) is 0 Å². The third kappa shape index (κ3) is 2.54. The van der Waals surface area contributed by atoms with Crippen LogP contribution in [0.5, 0.6) is 0 Å². The molecule has 1 aromatic heterocycles. The molecule has 0 amide bonds. The predicted octanol–water partition coefficient (Wildman–Crippen LogP) is 2.59. The Morgan fingerprint density at radius 1 is 1.37 bits per heavy atom. The molecule has 0 spiro atoms. The number of aromatic nitrogens is 1. The van der Waals surface area contributed by atoms with Gasteiger partial charge in [0.25, 0.3) is 0 Å². The van der Waals surface area contributed by atoms with Gasteiger partial charge in [0.15, 0.2) is 0 Å². The van der Waals surface area contributed by atoms with Gasteiger partial charge in [-0.3, -0.25) is 9.88 Å². The van der Waals surface area contributed by atoms with Crippen LogP contribution in [0, 0.1) is 11.8 Å². The molecular formula is C16H25N3. The molecule has 104 valence electrons. The van der Waals surface area contributed by atoms with E-state index in [4.69, 9.17) is 5.73 Å². The Kier molecular flexibility index (Phi) is 3.85. The van der Waals surface area contributed by atoms with Gasteiger partial charge in [0.05, 0.1) is 6.04 Å². The van der Waals surface area contributed by atoms with Crippen molar-refractivity contribution in [3.05, 3.63) is 30.1 Å². The SMILES string of the molecule is CCC(N)C(c1cccnc1)N1CC2CCCC2C1. The number of hydrogen-bond acceptors (Lipinski definition) is 3. The molecule has 1 saturated heterocycles. The minimum absolute atomic E-state index is 0.211. The Morgan fingerprint density at radius 2 is 2.11 bits per heavy atom. The summed E-state index contributed by atoms with van der Waals surface area (Å²) in [6, 6.07) is 4.77. The van der Waals surface area contributed by atoms with Crippen LogP contribution in [0.1, 0.15) is 44.2 Å². The summed E-state index contributed by atoms with van der Waals surface area (Å²) < 4.78 is 0. The zero-order chi connectivity index (χ0) is 13.2. The van der Waals surface area contributed by atoms with Gasteiger partial charge >= 0.3 is 0 Å². The second-order valence-electron chi connectivity index (χ2n) is 6.21. The average Bonchev–Trinajstić information content (AvgIpc) is 3.01. The highest BCUT2D eigenvalue weighted by atomic mass is 15.2. The van der Waals surface area contributed by atoms with Crippen LogP contribution in [-0.2, 0) is 0 Å². The lowest BCUT2D eigenvalue weighted by Crippen LogP contribution is -2.40. The molecular weight excluding hydrogens is 234 g/mol. The largest absolute Gasteiger partial charge is 0.326 e. The molecule has 2 N–H and O–H groups in total. The normalized spacial score (nSPS) is 30.2. The molecule has 2 aliphatic rings. The third-order valence-corrected chi connectivity index (χ3v) is 5.05. The Balaban J connectivity index is 1.80. The molecule has 1 saturated carbocycles. The van der Waals surface area contributed by atoms with Crippen molar-refractivity contribution in [1.82, 2.24) is 9.88 Å². The van der Waals surface area contributed by atoms with Crippen LogP contribution in [0.3, 0.4) is 0 Å². The van der Waals surface area contributed by atoms with Gasteiger partial charge in [-0.05, 0) is 42.7 Å². The summed E-state index contributed by atoms with van der Waals surface area (Å²) in [5, 5.41) is 0. The first kappa shape index (κ1) is 13.1. The van der Waals surface area contributed by atoms with Gasteiger partial charge in [-0.25, -0.2) is 0 Å². The summed E-state index contributed by atoms with van der Waals surface area (Å²) in [6.45, 7) is 4.65. The summed E-state index contributed by atoms with van der Waals surface area (Å²) in [6.07, 6.45) is 9.13. The van der Waals surface area contributed by atoms with Crippen molar-refractivity contribution in [1.29, 1.82) is 0 Å². The van der Waals surface area contributed by atoms with Crippen LogP contribution in [0.25, 0.3) is 0 Å². The first-order chi connectivity index (χ1) is 9.29. The zero-order valence-corrected chi connectivity index (χ0v) is 11.8. The van der Waals surface area contributed by atoms with E-state index in [-0.39, 0.29) is 6.04 Å². The lowest BCUT2D eigenvalue weighted by Gasteiger charge is -2.33. The summed E-state index contributed by atoms with van der Waals surface area (Å²) in [7, 11) is 0. The molecule has 0 radical (unpaired) electrons. The molecule has 3 heteroatoms. The lowest BCUT2D eigenvalue weighted by molar-refractivity contribution is 0.194. The molecule has 4 atom stereocenters. The maximum atomic E-state index is 6.41. The van der Waals surface area contributed by atoms with Crippen molar-refractivity contribution in [2.45, 2.75) is 44.7 Å². The molecule has 2 heterocycles. The number of fused-ring (bicyclic) bond motifs is 1. The summed E-state index contributed by atoms with van der Waals surface area (Å²) in [4.78, 5) is 6.91. The summed E-state index contributed by atoms with van der Waals surface area (Å²) in [5.41, 5.74) is 7.70. The summed E-state index contributed by atoms with van der Waals surface area (Å²) in [5.74, 6) is 1.84. The maximum absolute atomic E-state index is 6.41. The molecule has 0 bridgehead atoms. The molecule has 2 fully saturated rings. The third-order valence-electron chi connectivity index (χ3n) is 5.05. The fourth-order valence-electron chi connectivity index (χ4n) is 4.00. The molecule has 3 rings (SSSR count). The average molecular weight is 259 g/mol. The van der Waals surface area contributed by atoms with Crippen molar-refractivity contribution in [2.75, 3.05) is 13.1 Å². The zero-order valence-electron chi connectivity index (χ0n) is 11.8. The molecule has 4 unspecified atom stereocenters. The fourth-order valence-corrected chi connectivity index (χ4v) is 4.00. The first-order valence-electron chi connectivity index (χ1n) is 7.69. The number of pyridine rings is 1. The van der Waals surface area contributed by atoms with Crippen LogP contribution in [0.15, 0.2) is 24.5 Å². The molecule has 1 aliphatic heterocycles. The predicted molar refractivity (Wildman–Crippen MR) is 77.6 cm³/mol. The van der Waals surface area contributed by atoms with E-state index in [1.54, 1.807) is 0 Å². The quantitative estimate of drug-likeness (QED) is 0.903. The van der Waals surface area contributed by atoms with E-state index in [0.29, 0.717) is 6.04 Å². The van der Waals surface area contributed by atoms with Gasteiger partial charge in [0, 0.05) is 31.5 Å². The Bertz CT molecular complexity index is 394. The lowest BCUT2D eigenvalue weighted by atomic mass is 9.98. The van der Waals surface area contributed by atoms with Crippen molar-refractivity contribution >= 4 is 0 Å². The maximum Gasteiger partial charge on any atom is 0.0514 e. The van der Waals surface area contributed by atoms with Crippen molar-refractivity contribution in [3.63, 3.8) is 0 Å². The molecule has 19 heavy (non-hydrogen) atoms. The highest BCUT2D eigenvalue weighted by Crippen LogP contribution is 2.41. The highest BCUT2D eigenvalue weighted by Gasteiger charge is 2.40. The molecule has 1 aliphatic carbocycles. The van der Waals surface area contributed by atoms with E-state index in [1.807, 2.05) is 18.5 Å². The smallest absolute Gasteiger partial charge is 0.0514 e. The summed E-state index contributed by atoms with van der Waals surface area (Å²) >= 11 is 0. The van der Waals surface area contributed by atoms with E-state index in [1.165, 1.54) is 37.9 Å². The van der Waals surface area contributed by atoms with E-state index in [9.17, 15) is 0 Å². The number of nitrogens with two attached hydrogens (primary N) is 1. The Hall–Kier alpha value is -0.930. The minimum Gasteiger partial charge on any atom is -0.326 e. The second-order valence-corrected chi connectivity index (χ2v) is 6.21. The van der Waals surface area contributed by atoms with E-state index in [2.05, 4.69) is 22.9 Å². The van der Waals surface area contributed by atoms with Crippen molar-refractivity contribution in [3.8, 4) is 0 Å². The topological polar surface area (TPSA) is 42.1 Å². The van der Waals surface area contributed by atoms with Crippen molar-refractivity contribution < 1.29 is 0 Å². The van der Waals surface area contributed by atoms with Crippen LogP contribution in [0.2, 0.25) is 0 Å². The van der Waals surface area contributed by atoms with Gasteiger partial charge in [-0.15, -0.1) is 0 Å². The van der Waals surface area contributed by atoms with Gasteiger partial charge < -0.3 is 5.73 Å². The monoisotopic (exact) mass is 259 g/mol. The van der Waals surface area contributed by atoms with Gasteiger partial charge in [-0.1, -0.05) is 19.4 Å². The number of likely N-dealkylation sites (tertiary alicyclic amines) is 1. The number of rotatable bonds is 4. The second kappa shape index (κ2) is 5.59. The first-order valence-corrected chi connectivity index (χ1v) is 7.69. The van der Waals surface area contributed by atoms with Crippen LogP contribution in [-0.4, -0.2) is 29.0 Å². The molecule has 1 aromatic rings. The van der Waals surface area contributed by atoms with Gasteiger partial charge in [-0.2, -0.15) is 0 Å². The minimum atomic E-state index is 0.211. The van der Waals surface area contributed by atoms with Crippen LogP contribution in [0.4, 0.5) is 0 Å². The van der Waals surface area contributed by atoms with Crippen LogP contribution < -0.4 is 5.73 Å². The fraction of sp³-hybridized carbons (Fsp3) is 0.688. The highest BCUT2D eigenvalue weighted by molar-refractivity contribution is 5.17. The molecule has 0 aromatic carbocycles. The van der Waals surface area contributed by atoms with Gasteiger partial charge in [0.1, 0.15) is 0 Å².